The van der Waals surface area contributed by atoms with E-state index >= 15 is 0 Å². The quantitative estimate of drug-likeness (QED) is 0.853. The van der Waals surface area contributed by atoms with Crippen LogP contribution in [0.3, 0.4) is 0 Å². The number of hydrogen-bond acceptors (Lipinski definition) is 2. The second-order valence-electron chi connectivity index (χ2n) is 7.78. The van der Waals surface area contributed by atoms with E-state index in [9.17, 15) is 4.79 Å². The zero-order chi connectivity index (χ0) is 16.9. The van der Waals surface area contributed by atoms with Gasteiger partial charge < -0.3 is 10.2 Å². The van der Waals surface area contributed by atoms with Gasteiger partial charge in [0.1, 0.15) is 0 Å². The van der Waals surface area contributed by atoms with Gasteiger partial charge >= 0.3 is 0 Å². The van der Waals surface area contributed by atoms with Gasteiger partial charge in [-0.15, -0.1) is 12.4 Å². The van der Waals surface area contributed by atoms with Crippen LogP contribution in [-0.2, 0) is 4.79 Å². The molecular weight excluding hydrogens is 332 g/mol. The number of aryl methyl sites for hydroxylation is 1. The summed E-state index contributed by atoms with van der Waals surface area (Å²) in [5, 5.41) is 3.42. The Morgan fingerprint density at radius 3 is 2.52 bits per heavy atom. The van der Waals surface area contributed by atoms with Crippen molar-refractivity contribution >= 4 is 18.3 Å². The Hall–Kier alpha value is -1.06. The van der Waals surface area contributed by atoms with E-state index < -0.39 is 0 Å². The Morgan fingerprint density at radius 2 is 1.84 bits per heavy atom. The highest BCUT2D eigenvalue weighted by Crippen LogP contribution is 2.33. The van der Waals surface area contributed by atoms with Gasteiger partial charge in [0, 0.05) is 13.0 Å². The zero-order valence-corrected chi connectivity index (χ0v) is 16.5. The number of hydrogen-bond donors (Lipinski definition) is 1. The van der Waals surface area contributed by atoms with Crippen molar-refractivity contribution in [3.8, 4) is 0 Å². The fourth-order valence-corrected chi connectivity index (χ4v) is 4.34. The molecule has 1 aromatic carbocycles. The van der Waals surface area contributed by atoms with E-state index in [-0.39, 0.29) is 18.4 Å². The number of carbonyl (C=O) groups is 1. The van der Waals surface area contributed by atoms with Gasteiger partial charge in [0.2, 0.25) is 5.91 Å². The van der Waals surface area contributed by atoms with E-state index in [0.717, 1.165) is 32.5 Å². The smallest absolute Gasteiger partial charge is 0.223 e. The molecule has 0 bridgehead atoms. The third-order valence-corrected chi connectivity index (χ3v) is 5.97. The maximum absolute atomic E-state index is 13.0. The molecule has 1 aromatic rings. The predicted molar refractivity (Wildman–Crippen MR) is 106 cm³/mol. The second kappa shape index (κ2) is 9.59. The van der Waals surface area contributed by atoms with Crippen LogP contribution >= 0.6 is 12.4 Å². The molecule has 2 heterocycles. The molecule has 1 amide bonds. The first-order valence-corrected chi connectivity index (χ1v) is 9.72. The van der Waals surface area contributed by atoms with E-state index in [1.807, 2.05) is 0 Å². The van der Waals surface area contributed by atoms with Gasteiger partial charge in [-0.3, -0.25) is 4.79 Å². The summed E-state index contributed by atoms with van der Waals surface area (Å²) in [6.45, 7) is 7.54. The third kappa shape index (κ3) is 5.21. The largest absolute Gasteiger partial charge is 0.336 e. The molecule has 2 unspecified atom stereocenters. The van der Waals surface area contributed by atoms with Crippen LogP contribution in [0.15, 0.2) is 24.3 Å². The molecule has 2 aliphatic rings. The van der Waals surface area contributed by atoms with Crippen LogP contribution in [0.2, 0.25) is 0 Å². The number of likely N-dealkylation sites (tertiary alicyclic amines) is 1. The van der Waals surface area contributed by atoms with Crippen LogP contribution in [0.4, 0.5) is 0 Å². The van der Waals surface area contributed by atoms with Crippen molar-refractivity contribution in [2.75, 3.05) is 19.6 Å². The first-order chi connectivity index (χ1) is 11.6. The summed E-state index contributed by atoms with van der Waals surface area (Å²) in [5.41, 5.74) is 2.59. The Kier molecular flexibility index (Phi) is 7.77. The maximum Gasteiger partial charge on any atom is 0.223 e. The highest BCUT2D eigenvalue weighted by Gasteiger charge is 2.30. The molecule has 4 heteroatoms. The Balaban J connectivity index is 0.00000225. The molecule has 140 valence electrons. The lowest BCUT2D eigenvalue weighted by Crippen LogP contribution is -2.40. The molecular formula is C21H33ClN2O. The number of benzene rings is 1. The summed E-state index contributed by atoms with van der Waals surface area (Å²) < 4.78 is 0. The van der Waals surface area contributed by atoms with Gasteiger partial charge in [-0.05, 0) is 69.5 Å². The summed E-state index contributed by atoms with van der Waals surface area (Å²) in [5.74, 6) is 1.57. The van der Waals surface area contributed by atoms with E-state index in [1.54, 1.807) is 0 Å². The fraction of sp³-hybridized carbons (Fsp3) is 0.667. The minimum absolute atomic E-state index is 0. The zero-order valence-electron chi connectivity index (χ0n) is 15.7. The Bertz CT molecular complexity index is 539. The molecule has 0 spiro atoms. The SMILES string of the molecule is Cc1ccc(C2CCCCN2C(=O)CC(C)C2CCNCC2)cc1.Cl. The van der Waals surface area contributed by atoms with Crippen molar-refractivity contribution in [1.82, 2.24) is 10.2 Å². The maximum atomic E-state index is 13.0. The molecule has 2 atom stereocenters. The topological polar surface area (TPSA) is 32.3 Å². The summed E-state index contributed by atoms with van der Waals surface area (Å²) in [7, 11) is 0. The monoisotopic (exact) mass is 364 g/mol. The Labute approximate surface area is 159 Å². The van der Waals surface area contributed by atoms with Crippen molar-refractivity contribution in [2.45, 2.75) is 58.4 Å². The summed E-state index contributed by atoms with van der Waals surface area (Å²) >= 11 is 0. The van der Waals surface area contributed by atoms with Crippen LogP contribution in [0, 0.1) is 18.8 Å². The molecule has 0 aliphatic carbocycles. The van der Waals surface area contributed by atoms with E-state index in [1.165, 1.54) is 30.4 Å². The molecule has 0 saturated carbocycles. The molecule has 3 nitrogen and oxygen atoms in total. The lowest BCUT2D eigenvalue weighted by Gasteiger charge is -2.38. The molecule has 2 aliphatic heterocycles. The summed E-state index contributed by atoms with van der Waals surface area (Å²) in [4.78, 5) is 15.2. The Morgan fingerprint density at radius 1 is 1.16 bits per heavy atom. The third-order valence-electron chi connectivity index (χ3n) is 5.97. The van der Waals surface area contributed by atoms with Crippen molar-refractivity contribution < 1.29 is 4.79 Å². The number of halogens is 1. The highest BCUT2D eigenvalue weighted by atomic mass is 35.5. The predicted octanol–water partition coefficient (Wildman–Crippen LogP) is 4.50. The number of carbonyl (C=O) groups excluding carboxylic acids is 1. The average molecular weight is 365 g/mol. The summed E-state index contributed by atoms with van der Waals surface area (Å²) in [6.07, 6.45) is 6.64. The van der Waals surface area contributed by atoms with Gasteiger partial charge in [0.25, 0.3) is 0 Å². The number of nitrogens with zero attached hydrogens (tertiary/aromatic N) is 1. The first kappa shape index (κ1) is 20.3. The molecule has 3 rings (SSSR count). The second-order valence-corrected chi connectivity index (χ2v) is 7.78. The van der Waals surface area contributed by atoms with Gasteiger partial charge in [0.15, 0.2) is 0 Å². The normalized spacial score (nSPS) is 23.0. The molecule has 2 saturated heterocycles. The van der Waals surface area contributed by atoms with E-state index in [0.29, 0.717) is 24.2 Å². The highest BCUT2D eigenvalue weighted by molar-refractivity contribution is 5.85. The minimum atomic E-state index is 0. The van der Waals surface area contributed by atoms with Crippen LogP contribution in [-0.4, -0.2) is 30.4 Å². The molecule has 25 heavy (non-hydrogen) atoms. The van der Waals surface area contributed by atoms with Crippen LogP contribution in [0.25, 0.3) is 0 Å². The number of rotatable bonds is 4. The van der Waals surface area contributed by atoms with Crippen molar-refractivity contribution in [1.29, 1.82) is 0 Å². The van der Waals surface area contributed by atoms with Crippen molar-refractivity contribution in [2.24, 2.45) is 11.8 Å². The van der Waals surface area contributed by atoms with Gasteiger partial charge in [-0.25, -0.2) is 0 Å². The molecule has 1 N–H and O–H groups in total. The first-order valence-electron chi connectivity index (χ1n) is 9.72. The fourth-order valence-electron chi connectivity index (χ4n) is 4.34. The van der Waals surface area contributed by atoms with Gasteiger partial charge in [-0.2, -0.15) is 0 Å². The van der Waals surface area contributed by atoms with Gasteiger partial charge in [0.05, 0.1) is 6.04 Å². The average Bonchev–Trinajstić information content (AvgIpc) is 2.63. The number of piperidine rings is 2. The van der Waals surface area contributed by atoms with E-state index in [4.69, 9.17) is 0 Å². The lowest BCUT2D eigenvalue weighted by molar-refractivity contribution is -0.136. The lowest BCUT2D eigenvalue weighted by atomic mass is 9.83. The standard InChI is InChI=1S/C21H32N2O.ClH/c1-16-6-8-19(9-7-16)20-5-3-4-14-23(20)21(24)15-17(2)18-10-12-22-13-11-18;/h6-9,17-18,20,22H,3-5,10-15H2,1-2H3;1H. The van der Waals surface area contributed by atoms with Crippen LogP contribution in [0.5, 0.6) is 0 Å². The molecule has 2 fully saturated rings. The van der Waals surface area contributed by atoms with Gasteiger partial charge in [-0.1, -0.05) is 36.8 Å². The van der Waals surface area contributed by atoms with Crippen molar-refractivity contribution in [3.63, 3.8) is 0 Å². The number of nitrogens with one attached hydrogen (secondary N) is 1. The molecule has 0 aromatic heterocycles. The number of amides is 1. The van der Waals surface area contributed by atoms with E-state index in [2.05, 4.69) is 48.3 Å². The van der Waals surface area contributed by atoms with Crippen LogP contribution in [0.1, 0.15) is 62.6 Å². The van der Waals surface area contributed by atoms with Crippen LogP contribution < -0.4 is 5.32 Å². The summed E-state index contributed by atoms with van der Waals surface area (Å²) in [6, 6.07) is 9.05. The minimum Gasteiger partial charge on any atom is -0.336 e. The van der Waals surface area contributed by atoms with Crippen molar-refractivity contribution in [3.05, 3.63) is 35.4 Å². The molecule has 0 radical (unpaired) electrons.